The van der Waals surface area contributed by atoms with E-state index in [0.29, 0.717) is 21.9 Å². The van der Waals surface area contributed by atoms with E-state index in [1.165, 1.54) is 22.8 Å². The number of aromatic nitrogens is 1. The van der Waals surface area contributed by atoms with Crippen LogP contribution in [0.4, 0.5) is 4.39 Å². The molecule has 1 saturated heterocycles. The SMILES string of the molecule is O=C1NC(=O)c2c1c1c3ccccc3oc1c1c2c2cc(F)ccc2n1[C@@H]1O[C@H](CO)[C@@H](O)[C@H](O)[C@H]1O. The van der Waals surface area contributed by atoms with E-state index < -0.39 is 54.9 Å². The number of imide groups is 1. The van der Waals surface area contributed by atoms with Crippen LogP contribution < -0.4 is 5.32 Å². The molecule has 2 aliphatic rings. The molecule has 4 heterocycles. The molecule has 1 fully saturated rings. The number of ether oxygens (including phenoxy) is 1. The number of para-hydroxylation sites is 1. The largest absolute Gasteiger partial charge is 0.454 e. The van der Waals surface area contributed by atoms with Crippen molar-refractivity contribution in [1.82, 2.24) is 9.88 Å². The highest BCUT2D eigenvalue weighted by Gasteiger charge is 2.46. The Morgan fingerprint density at radius 1 is 0.919 bits per heavy atom. The number of furan rings is 1. The zero-order valence-corrected chi connectivity index (χ0v) is 18.9. The summed E-state index contributed by atoms with van der Waals surface area (Å²) in [6, 6.07) is 10.7. The molecule has 0 bridgehead atoms. The third-order valence-corrected chi connectivity index (χ3v) is 7.33. The average molecular weight is 506 g/mol. The van der Waals surface area contributed by atoms with Crippen molar-refractivity contribution in [2.75, 3.05) is 6.61 Å². The summed E-state index contributed by atoms with van der Waals surface area (Å²) in [6.45, 7) is -0.653. The molecule has 2 aromatic heterocycles. The molecule has 0 aliphatic carbocycles. The van der Waals surface area contributed by atoms with Crippen LogP contribution in [0.1, 0.15) is 26.9 Å². The molecular weight excluding hydrogens is 487 g/mol. The maximum atomic E-state index is 14.5. The fourth-order valence-electron chi connectivity index (χ4n) is 5.72. The number of hydrogen-bond acceptors (Lipinski definition) is 8. The lowest BCUT2D eigenvalue weighted by molar-refractivity contribution is -0.249. The summed E-state index contributed by atoms with van der Waals surface area (Å²) in [6.07, 6.45) is -7.56. The van der Waals surface area contributed by atoms with E-state index in [9.17, 15) is 34.4 Å². The number of carbonyl (C=O) groups is 2. The lowest BCUT2D eigenvalue weighted by Crippen LogP contribution is -2.56. The first-order valence-electron chi connectivity index (χ1n) is 11.6. The lowest BCUT2D eigenvalue weighted by Gasteiger charge is -2.41. The van der Waals surface area contributed by atoms with Gasteiger partial charge in [-0.05, 0) is 24.3 Å². The van der Waals surface area contributed by atoms with Crippen LogP contribution in [0.5, 0.6) is 0 Å². The van der Waals surface area contributed by atoms with Gasteiger partial charge in [0.1, 0.15) is 35.8 Å². The molecule has 5 atom stereocenters. The number of nitrogens with one attached hydrogen (secondary N) is 1. The van der Waals surface area contributed by atoms with Gasteiger partial charge < -0.3 is 34.1 Å². The number of aliphatic hydroxyl groups excluding tert-OH is 4. The van der Waals surface area contributed by atoms with Crippen molar-refractivity contribution in [2.45, 2.75) is 30.6 Å². The summed E-state index contributed by atoms with van der Waals surface area (Å²) < 4.78 is 28.1. The molecular formula is C26H19FN2O8. The van der Waals surface area contributed by atoms with E-state index in [1.54, 1.807) is 24.3 Å². The van der Waals surface area contributed by atoms with Crippen LogP contribution >= 0.6 is 0 Å². The van der Waals surface area contributed by atoms with Gasteiger partial charge in [-0.3, -0.25) is 14.9 Å². The van der Waals surface area contributed by atoms with Gasteiger partial charge in [0.2, 0.25) is 0 Å². The summed E-state index contributed by atoms with van der Waals surface area (Å²) >= 11 is 0. The van der Waals surface area contributed by atoms with E-state index >= 15 is 0 Å². The third kappa shape index (κ3) is 2.80. The quantitative estimate of drug-likeness (QED) is 0.227. The highest BCUT2D eigenvalue weighted by molar-refractivity contribution is 6.38. The number of benzene rings is 3. The average Bonchev–Trinajstić information content (AvgIpc) is 3.52. The number of nitrogens with zero attached hydrogens (tertiary/aromatic N) is 1. The summed E-state index contributed by atoms with van der Waals surface area (Å²) in [4.78, 5) is 26.1. The Bertz CT molecular complexity index is 1810. The van der Waals surface area contributed by atoms with Crippen LogP contribution in [0.3, 0.4) is 0 Å². The number of carbonyl (C=O) groups excluding carboxylic acids is 2. The second-order valence-corrected chi connectivity index (χ2v) is 9.31. The van der Waals surface area contributed by atoms with E-state index in [1.807, 2.05) is 0 Å². The standard InChI is InChI=1S/C26H19FN2O8/c27-9-5-6-12-11(7-9)15-17-18(25(35)28-24(17)34)16-10-3-1-2-4-13(10)36-23(16)19(15)29(12)26-22(33)21(32)20(31)14(8-30)37-26/h1-7,14,20-22,26,30-33H,8H2,(H,28,34,35)/t14-,20-,21+,22-,26-/m1/s1. The number of aliphatic hydroxyl groups is 4. The van der Waals surface area contributed by atoms with Gasteiger partial charge in [0, 0.05) is 21.5 Å². The number of amides is 2. The van der Waals surface area contributed by atoms with Gasteiger partial charge >= 0.3 is 0 Å². The first kappa shape index (κ1) is 22.3. The predicted molar refractivity (Wildman–Crippen MR) is 127 cm³/mol. The monoisotopic (exact) mass is 506 g/mol. The summed E-state index contributed by atoms with van der Waals surface area (Å²) in [5.41, 5.74) is 1.26. The van der Waals surface area contributed by atoms with E-state index in [2.05, 4.69) is 5.32 Å². The van der Waals surface area contributed by atoms with Crippen molar-refractivity contribution in [3.8, 4) is 0 Å². The molecule has 37 heavy (non-hydrogen) atoms. The van der Waals surface area contributed by atoms with Gasteiger partial charge in [-0.1, -0.05) is 18.2 Å². The molecule has 188 valence electrons. The number of fused-ring (bicyclic) bond motifs is 10. The Labute approximate surface area is 206 Å². The van der Waals surface area contributed by atoms with Crippen molar-refractivity contribution in [2.24, 2.45) is 0 Å². The van der Waals surface area contributed by atoms with E-state index in [0.717, 1.165) is 0 Å². The number of hydrogen-bond donors (Lipinski definition) is 5. The van der Waals surface area contributed by atoms with Gasteiger partial charge in [-0.25, -0.2) is 4.39 Å². The predicted octanol–water partition coefficient (Wildman–Crippen LogP) is 1.69. The molecule has 0 spiro atoms. The van der Waals surface area contributed by atoms with E-state index in [-0.39, 0.29) is 33.0 Å². The summed E-state index contributed by atoms with van der Waals surface area (Å²) in [5.74, 6) is -1.90. The third-order valence-electron chi connectivity index (χ3n) is 7.33. The van der Waals surface area contributed by atoms with Crippen molar-refractivity contribution in [3.05, 3.63) is 59.4 Å². The van der Waals surface area contributed by atoms with Crippen molar-refractivity contribution >= 4 is 55.6 Å². The Kier molecular flexibility index (Phi) is 4.57. The minimum absolute atomic E-state index is 0.0259. The van der Waals surface area contributed by atoms with Crippen molar-refractivity contribution < 1.29 is 43.6 Å². The minimum Gasteiger partial charge on any atom is -0.454 e. The second kappa shape index (κ2) is 7.57. The highest BCUT2D eigenvalue weighted by atomic mass is 19.1. The molecule has 2 aliphatic heterocycles. The molecule has 0 saturated carbocycles. The molecule has 10 nitrogen and oxygen atoms in total. The lowest BCUT2D eigenvalue weighted by atomic mass is 9.96. The summed E-state index contributed by atoms with van der Waals surface area (Å²) in [5, 5.41) is 45.3. The maximum absolute atomic E-state index is 14.5. The van der Waals surface area contributed by atoms with Gasteiger partial charge in [-0.15, -0.1) is 0 Å². The Morgan fingerprint density at radius 2 is 1.65 bits per heavy atom. The maximum Gasteiger partial charge on any atom is 0.259 e. The smallest absolute Gasteiger partial charge is 0.259 e. The van der Waals surface area contributed by atoms with Crippen molar-refractivity contribution in [3.63, 3.8) is 0 Å². The Morgan fingerprint density at radius 3 is 2.41 bits per heavy atom. The fraction of sp³-hybridized carbons (Fsp3) is 0.231. The van der Waals surface area contributed by atoms with Gasteiger partial charge in [0.15, 0.2) is 11.8 Å². The first-order valence-corrected chi connectivity index (χ1v) is 11.6. The fourth-order valence-corrected chi connectivity index (χ4v) is 5.72. The Balaban J connectivity index is 1.71. The Hall–Kier alpha value is -3.87. The van der Waals surface area contributed by atoms with E-state index in [4.69, 9.17) is 9.15 Å². The molecule has 7 rings (SSSR count). The molecule has 3 aromatic carbocycles. The van der Waals surface area contributed by atoms with Crippen LogP contribution in [0, 0.1) is 5.82 Å². The van der Waals surface area contributed by atoms with Crippen LogP contribution in [0.15, 0.2) is 46.9 Å². The minimum atomic E-state index is -1.69. The molecule has 0 radical (unpaired) electrons. The van der Waals surface area contributed by atoms with Crippen LogP contribution in [-0.2, 0) is 4.74 Å². The molecule has 5 N–H and O–H groups in total. The van der Waals surface area contributed by atoms with Crippen LogP contribution in [-0.4, -0.2) is 67.8 Å². The summed E-state index contributed by atoms with van der Waals surface area (Å²) in [7, 11) is 0. The zero-order valence-electron chi connectivity index (χ0n) is 18.9. The number of rotatable bonds is 2. The van der Waals surface area contributed by atoms with Gasteiger partial charge in [0.05, 0.1) is 28.8 Å². The normalized spacial score (nSPS) is 26.0. The highest BCUT2D eigenvalue weighted by Crippen LogP contribution is 2.47. The van der Waals surface area contributed by atoms with Crippen molar-refractivity contribution in [1.29, 1.82) is 0 Å². The van der Waals surface area contributed by atoms with Gasteiger partial charge in [-0.2, -0.15) is 0 Å². The second-order valence-electron chi connectivity index (χ2n) is 9.31. The molecule has 2 amide bonds. The molecule has 0 unspecified atom stereocenters. The topological polar surface area (TPSA) is 154 Å². The van der Waals surface area contributed by atoms with Crippen LogP contribution in [0.25, 0.3) is 43.7 Å². The molecule has 11 heteroatoms. The zero-order chi connectivity index (χ0) is 25.7. The van der Waals surface area contributed by atoms with Crippen LogP contribution in [0.2, 0.25) is 0 Å². The first-order chi connectivity index (χ1) is 17.8. The molecule has 5 aromatic rings. The van der Waals surface area contributed by atoms with Gasteiger partial charge in [0.25, 0.3) is 11.8 Å². The number of halogens is 1.